The number of nitrogens with zero attached hydrogens (tertiary/aromatic N) is 3. The highest BCUT2D eigenvalue weighted by Crippen LogP contribution is 2.33. The van der Waals surface area contributed by atoms with E-state index < -0.39 is 17.4 Å². The number of hydrogen-bond acceptors (Lipinski definition) is 3. The first kappa shape index (κ1) is 21.3. The summed E-state index contributed by atoms with van der Waals surface area (Å²) in [7, 11) is 1.59. The van der Waals surface area contributed by atoms with Crippen molar-refractivity contribution in [2.24, 2.45) is 12.8 Å². The highest BCUT2D eigenvalue weighted by atomic mass is 19.1. The SMILES string of the molecule is Cc1cc(-c2[nH]c(C(N)=O)nc2-c2ccc3c(c2)n(C)c(=O)n3-c2ccccc2F)ccc1F. The lowest BCUT2D eigenvalue weighted by Crippen LogP contribution is -2.21. The summed E-state index contributed by atoms with van der Waals surface area (Å²) in [6.07, 6.45) is 0. The lowest BCUT2D eigenvalue weighted by atomic mass is 10.0. The average Bonchev–Trinajstić information content (AvgIpc) is 3.37. The Labute approximate surface area is 192 Å². The number of nitrogens with two attached hydrogens (primary N) is 1. The van der Waals surface area contributed by atoms with Gasteiger partial charge in [-0.05, 0) is 55.0 Å². The van der Waals surface area contributed by atoms with Crippen LogP contribution < -0.4 is 11.4 Å². The molecule has 34 heavy (non-hydrogen) atoms. The number of carbonyl (C=O) groups is 1. The number of hydrogen-bond donors (Lipinski definition) is 2. The Bertz CT molecular complexity index is 1660. The van der Waals surface area contributed by atoms with E-state index in [0.29, 0.717) is 39.1 Å². The standard InChI is InChI=1S/C25H19F2N5O2/c1-13-11-14(7-9-16(13)26)21-22(30-24(29-21)23(28)33)15-8-10-19-20(12-15)31(2)25(34)32(19)18-6-4-3-5-17(18)27/h3-12H,1-2H3,(H2,28,33)(H,29,30). The van der Waals surface area contributed by atoms with Crippen LogP contribution >= 0.6 is 0 Å². The Kier molecular flexibility index (Phi) is 4.89. The number of fused-ring (bicyclic) bond motifs is 1. The van der Waals surface area contributed by atoms with E-state index in [4.69, 9.17) is 5.73 Å². The van der Waals surface area contributed by atoms with E-state index in [9.17, 15) is 18.4 Å². The number of imidazole rings is 2. The molecule has 2 heterocycles. The van der Waals surface area contributed by atoms with Gasteiger partial charge in [0.1, 0.15) is 11.6 Å². The van der Waals surface area contributed by atoms with Crippen molar-refractivity contribution in [3.05, 3.63) is 94.2 Å². The number of halogens is 2. The summed E-state index contributed by atoms with van der Waals surface area (Å²) in [5, 5.41) is 0. The minimum Gasteiger partial charge on any atom is -0.363 e. The Morgan fingerprint density at radius 3 is 2.41 bits per heavy atom. The van der Waals surface area contributed by atoms with Crippen molar-refractivity contribution in [3.8, 4) is 28.2 Å². The van der Waals surface area contributed by atoms with Crippen molar-refractivity contribution in [3.63, 3.8) is 0 Å². The molecular weight excluding hydrogens is 440 g/mol. The van der Waals surface area contributed by atoms with Crippen LogP contribution in [0.2, 0.25) is 0 Å². The number of aryl methyl sites for hydroxylation is 2. The maximum Gasteiger partial charge on any atom is 0.333 e. The van der Waals surface area contributed by atoms with Crippen molar-refractivity contribution in [1.29, 1.82) is 0 Å². The quantitative estimate of drug-likeness (QED) is 0.424. The van der Waals surface area contributed by atoms with Crippen molar-refractivity contribution < 1.29 is 13.6 Å². The Morgan fingerprint density at radius 2 is 1.71 bits per heavy atom. The number of carbonyl (C=O) groups excluding carboxylic acids is 1. The molecule has 0 saturated carbocycles. The first-order valence-electron chi connectivity index (χ1n) is 10.4. The van der Waals surface area contributed by atoms with Gasteiger partial charge in [0.05, 0.1) is 28.1 Å². The van der Waals surface area contributed by atoms with Gasteiger partial charge in [0.25, 0.3) is 5.91 Å². The van der Waals surface area contributed by atoms with Crippen LogP contribution in [0.3, 0.4) is 0 Å². The van der Waals surface area contributed by atoms with Crippen LogP contribution in [0.4, 0.5) is 8.78 Å². The normalized spacial score (nSPS) is 11.3. The first-order valence-corrected chi connectivity index (χ1v) is 10.4. The summed E-state index contributed by atoms with van der Waals surface area (Å²) >= 11 is 0. The molecular formula is C25H19F2N5O2. The second-order valence-electron chi connectivity index (χ2n) is 7.97. The van der Waals surface area contributed by atoms with Crippen molar-refractivity contribution >= 4 is 16.9 Å². The van der Waals surface area contributed by atoms with Crippen molar-refractivity contribution in [1.82, 2.24) is 19.1 Å². The van der Waals surface area contributed by atoms with Crippen LogP contribution in [0.25, 0.3) is 39.2 Å². The summed E-state index contributed by atoms with van der Waals surface area (Å²) in [4.78, 5) is 32.1. The van der Waals surface area contributed by atoms with E-state index in [-0.39, 0.29) is 17.3 Å². The molecule has 3 N–H and O–H groups in total. The van der Waals surface area contributed by atoms with Gasteiger partial charge in [-0.25, -0.2) is 18.6 Å². The summed E-state index contributed by atoms with van der Waals surface area (Å²) in [5.74, 6) is -1.67. The number of H-pyrrole nitrogens is 1. The number of primary amides is 1. The van der Waals surface area contributed by atoms with Crippen LogP contribution in [0.1, 0.15) is 16.2 Å². The lowest BCUT2D eigenvalue weighted by Gasteiger charge is -2.07. The zero-order chi connectivity index (χ0) is 24.1. The Hall–Kier alpha value is -4.53. The van der Waals surface area contributed by atoms with E-state index in [2.05, 4.69) is 9.97 Å². The molecule has 0 radical (unpaired) electrons. The van der Waals surface area contributed by atoms with E-state index in [1.807, 2.05) is 0 Å². The number of amides is 1. The Balaban J connectivity index is 1.74. The minimum atomic E-state index is -0.745. The number of para-hydroxylation sites is 1. The fraction of sp³-hybridized carbons (Fsp3) is 0.0800. The number of rotatable bonds is 4. The largest absolute Gasteiger partial charge is 0.363 e. The summed E-state index contributed by atoms with van der Waals surface area (Å²) in [6.45, 7) is 1.64. The second kappa shape index (κ2) is 7.80. The third-order valence-corrected chi connectivity index (χ3v) is 5.81. The average molecular weight is 459 g/mol. The fourth-order valence-electron chi connectivity index (χ4n) is 4.06. The molecule has 2 aromatic heterocycles. The molecule has 0 aliphatic carbocycles. The monoisotopic (exact) mass is 459 g/mol. The second-order valence-corrected chi connectivity index (χ2v) is 7.97. The van der Waals surface area contributed by atoms with Crippen LogP contribution in [-0.4, -0.2) is 25.0 Å². The number of nitrogens with one attached hydrogen (secondary N) is 1. The van der Waals surface area contributed by atoms with E-state index in [1.54, 1.807) is 56.4 Å². The van der Waals surface area contributed by atoms with Crippen LogP contribution in [0.15, 0.2) is 65.5 Å². The molecule has 7 nitrogen and oxygen atoms in total. The maximum absolute atomic E-state index is 14.5. The third kappa shape index (κ3) is 3.29. The smallest absolute Gasteiger partial charge is 0.333 e. The molecule has 5 rings (SSSR count). The molecule has 0 aliphatic heterocycles. The van der Waals surface area contributed by atoms with Gasteiger partial charge < -0.3 is 10.7 Å². The van der Waals surface area contributed by atoms with Gasteiger partial charge in [0.15, 0.2) is 5.82 Å². The van der Waals surface area contributed by atoms with Crippen LogP contribution in [-0.2, 0) is 7.05 Å². The van der Waals surface area contributed by atoms with Crippen molar-refractivity contribution in [2.75, 3.05) is 0 Å². The number of benzene rings is 3. The predicted octanol–water partition coefficient (Wildman–Crippen LogP) is 4.07. The molecule has 0 saturated heterocycles. The van der Waals surface area contributed by atoms with Gasteiger partial charge in [-0.15, -0.1) is 0 Å². The topological polar surface area (TPSA) is 98.7 Å². The lowest BCUT2D eigenvalue weighted by molar-refractivity contribution is 0.0991. The van der Waals surface area contributed by atoms with Gasteiger partial charge in [0.2, 0.25) is 0 Å². The predicted molar refractivity (Wildman–Crippen MR) is 125 cm³/mol. The van der Waals surface area contributed by atoms with Crippen LogP contribution in [0.5, 0.6) is 0 Å². The molecule has 170 valence electrons. The van der Waals surface area contributed by atoms with E-state index >= 15 is 0 Å². The van der Waals surface area contributed by atoms with Gasteiger partial charge in [0, 0.05) is 18.2 Å². The molecule has 0 unspecified atom stereocenters. The maximum atomic E-state index is 14.5. The molecule has 1 amide bonds. The highest BCUT2D eigenvalue weighted by molar-refractivity contribution is 5.93. The zero-order valence-corrected chi connectivity index (χ0v) is 18.3. The van der Waals surface area contributed by atoms with Gasteiger partial charge in [-0.3, -0.25) is 13.9 Å². The third-order valence-electron chi connectivity index (χ3n) is 5.81. The molecule has 0 spiro atoms. The molecule has 3 aromatic carbocycles. The zero-order valence-electron chi connectivity index (χ0n) is 18.3. The number of aromatic amines is 1. The van der Waals surface area contributed by atoms with Gasteiger partial charge in [-0.2, -0.15) is 0 Å². The molecule has 0 atom stereocenters. The summed E-state index contributed by atoms with van der Waals surface area (Å²) in [5.41, 5.74) is 8.75. The minimum absolute atomic E-state index is 0.0510. The van der Waals surface area contributed by atoms with Crippen molar-refractivity contribution in [2.45, 2.75) is 6.92 Å². The van der Waals surface area contributed by atoms with Gasteiger partial charge in [-0.1, -0.05) is 18.2 Å². The molecule has 0 aliphatic rings. The molecule has 9 heteroatoms. The molecule has 5 aromatic rings. The number of aromatic nitrogens is 4. The van der Waals surface area contributed by atoms with E-state index in [0.717, 1.165) is 0 Å². The highest BCUT2D eigenvalue weighted by Gasteiger charge is 2.20. The first-order chi connectivity index (χ1) is 16.3. The van der Waals surface area contributed by atoms with E-state index in [1.165, 1.54) is 27.3 Å². The molecule has 0 fully saturated rings. The van der Waals surface area contributed by atoms with Crippen LogP contribution in [0, 0.1) is 18.6 Å². The van der Waals surface area contributed by atoms with Gasteiger partial charge >= 0.3 is 5.69 Å². The Morgan fingerprint density at radius 1 is 0.971 bits per heavy atom. The fourth-order valence-corrected chi connectivity index (χ4v) is 4.06. The summed E-state index contributed by atoms with van der Waals surface area (Å²) < 4.78 is 31.0. The summed E-state index contributed by atoms with van der Waals surface area (Å²) in [6, 6.07) is 15.7. The molecule has 0 bridgehead atoms.